The van der Waals surface area contributed by atoms with Crippen LogP contribution < -0.4 is 10.1 Å². The first-order chi connectivity index (χ1) is 12.8. The van der Waals surface area contributed by atoms with Crippen molar-refractivity contribution in [1.29, 1.82) is 0 Å². The first-order valence-corrected chi connectivity index (χ1v) is 8.96. The van der Waals surface area contributed by atoms with Crippen molar-refractivity contribution in [3.05, 3.63) is 63.4 Å². The fraction of sp³-hybridized carbons (Fsp3) is 0.333. The third kappa shape index (κ3) is 4.85. The minimum Gasteiger partial charge on any atom is -0.406 e. The Hall–Kier alpha value is -1.54. The molecule has 1 N–H and O–H groups in total. The van der Waals surface area contributed by atoms with E-state index in [1.165, 1.54) is 36.4 Å². The van der Waals surface area contributed by atoms with Crippen LogP contribution in [0.4, 0.5) is 17.6 Å². The number of hydrogen-bond donors (Lipinski definition) is 1. The number of piperazine rings is 1. The van der Waals surface area contributed by atoms with Crippen LogP contribution in [0.1, 0.15) is 17.2 Å². The van der Waals surface area contributed by atoms with Crippen LogP contribution in [0.25, 0.3) is 0 Å². The Labute approximate surface area is 163 Å². The minimum atomic E-state index is -4.78. The molecule has 1 atom stereocenters. The summed E-state index contributed by atoms with van der Waals surface area (Å²) in [4.78, 5) is 2.01. The van der Waals surface area contributed by atoms with Gasteiger partial charge < -0.3 is 10.1 Å². The van der Waals surface area contributed by atoms with Crippen molar-refractivity contribution in [2.24, 2.45) is 0 Å². The first-order valence-electron chi connectivity index (χ1n) is 8.20. The maximum atomic E-state index is 14.7. The molecule has 0 radical (unpaired) electrons. The van der Waals surface area contributed by atoms with Crippen molar-refractivity contribution in [2.75, 3.05) is 26.2 Å². The van der Waals surface area contributed by atoms with E-state index in [1.54, 1.807) is 0 Å². The zero-order chi connectivity index (χ0) is 19.6. The van der Waals surface area contributed by atoms with Crippen LogP contribution in [-0.4, -0.2) is 37.4 Å². The van der Waals surface area contributed by atoms with E-state index in [-0.39, 0.29) is 21.4 Å². The van der Waals surface area contributed by atoms with E-state index >= 15 is 0 Å². The second-order valence-corrected chi connectivity index (χ2v) is 6.85. The molecule has 0 bridgehead atoms. The number of benzene rings is 2. The second kappa shape index (κ2) is 8.22. The number of ether oxygens (including phenoxy) is 1. The van der Waals surface area contributed by atoms with Crippen molar-refractivity contribution >= 4 is 23.2 Å². The summed E-state index contributed by atoms with van der Waals surface area (Å²) in [5, 5.41) is 3.52. The SMILES string of the molecule is Fc1ccc(Cl)c(Cl)c1[C@@H](c1ccc(OC(F)(F)F)cc1)N1CCNCC1. The monoisotopic (exact) mass is 422 g/mol. The fourth-order valence-electron chi connectivity index (χ4n) is 3.15. The maximum absolute atomic E-state index is 14.7. The Balaban J connectivity index is 2.02. The van der Waals surface area contributed by atoms with Crippen molar-refractivity contribution in [2.45, 2.75) is 12.4 Å². The van der Waals surface area contributed by atoms with Crippen molar-refractivity contribution in [3.8, 4) is 5.75 Å². The molecule has 146 valence electrons. The summed E-state index contributed by atoms with van der Waals surface area (Å²) in [6.07, 6.45) is -4.78. The first kappa shape index (κ1) is 20.2. The molecule has 2 aromatic rings. The van der Waals surface area contributed by atoms with Gasteiger partial charge in [0.15, 0.2) is 0 Å². The Kier molecular flexibility index (Phi) is 6.15. The summed E-state index contributed by atoms with van der Waals surface area (Å²) < 4.78 is 55.7. The van der Waals surface area contributed by atoms with Gasteiger partial charge in [0.05, 0.1) is 16.1 Å². The summed E-state index contributed by atoms with van der Waals surface area (Å²) in [6.45, 7) is 2.64. The molecule has 0 unspecified atom stereocenters. The molecule has 0 aliphatic carbocycles. The van der Waals surface area contributed by atoms with Gasteiger partial charge >= 0.3 is 6.36 Å². The van der Waals surface area contributed by atoms with E-state index in [1.807, 2.05) is 4.90 Å². The van der Waals surface area contributed by atoms with Crippen molar-refractivity contribution in [3.63, 3.8) is 0 Å². The largest absolute Gasteiger partial charge is 0.573 e. The van der Waals surface area contributed by atoms with Gasteiger partial charge in [-0.05, 0) is 29.8 Å². The van der Waals surface area contributed by atoms with Crippen LogP contribution >= 0.6 is 23.2 Å². The average Bonchev–Trinajstić information content (AvgIpc) is 2.62. The Morgan fingerprint density at radius 1 is 1.00 bits per heavy atom. The Morgan fingerprint density at radius 3 is 2.22 bits per heavy atom. The summed E-state index contributed by atoms with van der Waals surface area (Å²) >= 11 is 12.4. The molecular weight excluding hydrogens is 407 g/mol. The lowest BCUT2D eigenvalue weighted by Crippen LogP contribution is -2.45. The molecule has 1 aliphatic rings. The summed E-state index contributed by atoms with van der Waals surface area (Å²) in [5.41, 5.74) is 0.796. The molecule has 9 heteroatoms. The molecule has 1 aliphatic heterocycles. The zero-order valence-corrected chi connectivity index (χ0v) is 15.5. The predicted molar refractivity (Wildman–Crippen MR) is 95.8 cm³/mol. The highest BCUT2D eigenvalue weighted by Crippen LogP contribution is 2.39. The van der Waals surface area contributed by atoms with E-state index in [4.69, 9.17) is 23.2 Å². The van der Waals surface area contributed by atoms with E-state index in [0.717, 1.165) is 0 Å². The van der Waals surface area contributed by atoms with Gasteiger partial charge in [-0.15, -0.1) is 13.2 Å². The summed E-state index contributed by atoms with van der Waals surface area (Å²) in [7, 11) is 0. The normalized spacial score (nSPS) is 17.0. The predicted octanol–water partition coefficient (Wildman–Crippen LogP) is 5.03. The molecule has 0 amide bonds. The second-order valence-electron chi connectivity index (χ2n) is 6.06. The third-order valence-electron chi connectivity index (χ3n) is 4.30. The quantitative estimate of drug-likeness (QED) is 0.552. The lowest BCUT2D eigenvalue weighted by Gasteiger charge is -2.36. The minimum absolute atomic E-state index is 0.0933. The van der Waals surface area contributed by atoms with Crippen LogP contribution in [0.15, 0.2) is 36.4 Å². The molecule has 0 saturated carbocycles. The molecule has 1 saturated heterocycles. The van der Waals surface area contributed by atoms with Gasteiger partial charge in [-0.1, -0.05) is 35.3 Å². The molecule has 1 heterocycles. The van der Waals surface area contributed by atoms with E-state index < -0.39 is 18.2 Å². The molecule has 3 nitrogen and oxygen atoms in total. The smallest absolute Gasteiger partial charge is 0.406 e. The van der Waals surface area contributed by atoms with Gasteiger partial charge in [0.25, 0.3) is 0 Å². The molecular formula is C18H16Cl2F4N2O. The number of nitrogens with zero attached hydrogens (tertiary/aromatic N) is 1. The molecule has 0 aromatic heterocycles. The maximum Gasteiger partial charge on any atom is 0.573 e. The number of nitrogens with one attached hydrogen (secondary N) is 1. The molecule has 0 spiro atoms. The summed E-state index contributed by atoms with van der Waals surface area (Å²) in [5.74, 6) is -0.869. The number of hydrogen-bond acceptors (Lipinski definition) is 3. The Morgan fingerprint density at radius 2 is 1.63 bits per heavy atom. The van der Waals surface area contributed by atoms with Crippen LogP contribution in [0.2, 0.25) is 10.0 Å². The van der Waals surface area contributed by atoms with Crippen LogP contribution in [0.3, 0.4) is 0 Å². The van der Waals surface area contributed by atoms with Crippen molar-refractivity contribution < 1.29 is 22.3 Å². The standard InChI is InChI=1S/C18H16Cl2F4N2O/c19-13-5-6-14(21)15(16(13)20)17(26-9-7-25-8-10-26)11-1-3-12(4-2-11)27-18(22,23)24/h1-6,17,25H,7-10H2/t17-/m1/s1. The molecule has 3 rings (SSSR count). The average molecular weight is 423 g/mol. The van der Waals surface area contributed by atoms with E-state index in [2.05, 4.69) is 10.1 Å². The highest BCUT2D eigenvalue weighted by atomic mass is 35.5. The number of halogens is 6. The molecule has 1 fully saturated rings. The van der Waals surface area contributed by atoms with Gasteiger partial charge in [-0.25, -0.2) is 4.39 Å². The molecule has 27 heavy (non-hydrogen) atoms. The topological polar surface area (TPSA) is 24.5 Å². The lowest BCUT2D eigenvalue weighted by molar-refractivity contribution is -0.274. The van der Waals surface area contributed by atoms with Crippen LogP contribution in [0, 0.1) is 5.82 Å². The van der Waals surface area contributed by atoms with Gasteiger partial charge in [-0.2, -0.15) is 0 Å². The summed E-state index contributed by atoms with van der Waals surface area (Å²) in [6, 6.07) is 7.38. The van der Waals surface area contributed by atoms with Gasteiger partial charge in [0.1, 0.15) is 11.6 Å². The molecule has 2 aromatic carbocycles. The highest BCUT2D eigenvalue weighted by molar-refractivity contribution is 6.42. The zero-order valence-electron chi connectivity index (χ0n) is 14.0. The van der Waals surface area contributed by atoms with Gasteiger partial charge in [0, 0.05) is 31.7 Å². The van der Waals surface area contributed by atoms with Gasteiger partial charge in [0.2, 0.25) is 0 Å². The van der Waals surface area contributed by atoms with Crippen molar-refractivity contribution in [1.82, 2.24) is 10.2 Å². The number of alkyl halides is 3. The third-order valence-corrected chi connectivity index (χ3v) is 5.12. The highest BCUT2D eigenvalue weighted by Gasteiger charge is 2.32. The lowest BCUT2D eigenvalue weighted by atomic mass is 9.95. The fourth-order valence-corrected chi connectivity index (χ4v) is 3.57. The Bertz CT molecular complexity index is 793. The number of rotatable bonds is 4. The van der Waals surface area contributed by atoms with Crippen LogP contribution in [-0.2, 0) is 0 Å². The van der Waals surface area contributed by atoms with Crippen LogP contribution in [0.5, 0.6) is 5.75 Å². The van der Waals surface area contributed by atoms with Gasteiger partial charge in [-0.3, -0.25) is 4.90 Å². The van der Waals surface area contributed by atoms with E-state index in [0.29, 0.717) is 31.7 Å². The van der Waals surface area contributed by atoms with E-state index in [9.17, 15) is 17.6 Å².